The number of fused-ring (bicyclic) bond motifs is 1. The Morgan fingerprint density at radius 1 is 0.967 bits per heavy atom. The lowest BCUT2D eigenvalue weighted by Crippen LogP contribution is -2.19. The SMILES string of the molecule is CCn1c(=O)ccc2c1c(-c1cc(C)[nH]c(=O)c1)cn2S(=O)(=O)c1ccc(C)cc1. The summed E-state index contributed by atoms with van der Waals surface area (Å²) in [5.41, 5.74) is 2.97. The molecule has 7 nitrogen and oxygen atoms in total. The molecule has 1 aromatic carbocycles. The number of pyridine rings is 2. The number of H-pyrrole nitrogens is 1. The summed E-state index contributed by atoms with van der Waals surface area (Å²) in [6, 6.07) is 12.6. The number of benzene rings is 1. The van der Waals surface area contributed by atoms with Crippen LogP contribution in [-0.4, -0.2) is 21.9 Å². The van der Waals surface area contributed by atoms with E-state index >= 15 is 0 Å². The highest BCUT2D eigenvalue weighted by atomic mass is 32.2. The van der Waals surface area contributed by atoms with Crippen molar-refractivity contribution in [1.29, 1.82) is 0 Å². The van der Waals surface area contributed by atoms with Gasteiger partial charge in [-0.1, -0.05) is 17.7 Å². The molecular weight excluding hydrogens is 402 g/mol. The van der Waals surface area contributed by atoms with Crippen molar-refractivity contribution in [2.45, 2.75) is 32.2 Å². The third-order valence-corrected chi connectivity index (χ3v) is 6.77. The van der Waals surface area contributed by atoms with Crippen LogP contribution in [0.4, 0.5) is 0 Å². The number of nitrogens with one attached hydrogen (secondary N) is 1. The van der Waals surface area contributed by atoms with Gasteiger partial charge in [0.05, 0.1) is 15.9 Å². The average Bonchev–Trinajstić information content (AvgIpc) is 3.08. The lowest BCUT2D eigenvalue weighted by molar-refractivity contribution is 0.589. The molecule has 0 amide bonds. The van der Waals surface area contributed by atoms with E-state index in [0.29, 0.717) is 34.4 Å². The molecule has 0 aliphatic heterocycles. The second kappa shape index (κ2) is 7.14. The van der Waals surface area contributed by atoms with E-state index in [4.69, 9.17) is 0 Å². The molecule has 1 N–H and O–H groups in total. The van der Waals surface area contributed by atoms with Crippen LogP contribution in [0.1, 0.15) is 18.2 Å². The third kappa shape index (κ3) is 3.19. The maximum atomic E-state index is 13.4. The Kier molecular flexibility index (Phi) is 4.74. The fraction of sp³-hybridized carbons (Fsp3) is 0.182. The smallest absolute Gasteiger partial charge is 0.268 e. The summed E-state index contributed by atoms with van der Waals surface area (Å²) in [4.78, 5) is 27.4. The predicted octanol–water partition coefficient (Wildman–Crippen LogP) is 3.03. The van der Waals surface area contributed by atoms with E-state index in [-0.39, 0.29) is 16.0 Å². The molecule has 0 saturated heterocycles. The molecule has 3 heterocycles. The summed E-state index contributed by atoms with van der Waals surface area (Å²) in [6.45, 7) is 5.81. The first-order valence-electron chi connectivity index (χ1n) is 9.51. The first-order chi connectivity index (χ1) is 14.2. The fourth-order valence-corrected chi connectivity index (χ4v) is 5.02. The standard InChI is InChI=1S/C22H21N3O4S/c1-4-24-21(27)10-9-19-22(24)18(16-11-15(3)23-20(26)12-16)13-25(19)30(28,29)17-7-5-14(2)6-8-17/h5-13H,4H2,1-3H3,(H,23,26). The van der Waals surface area contributed by atoms with Crippen LogP contribution >= 0.6 is 0 Å². The number of hydrogen-bond acceptors (Lipinski definition) is 4. The van der Waals surface area contributed by atoms with E-state index in [2.05, 4.69) is 4.98 Å². The van der Waals surface area contributed by atoms with Crippen LogP contribution in [0.3, 0.4) is 0 Å². The number of aromatic amines is 1. The van der Waals surface area contributed by atoms with Crippen LogP contribution in [0.5, 0.6) is 0 Å². The number of aromatic nitrogens is 3. The van der Waals surface area contributed by atoms with Crippen molar-refractivity contribution in [3.05, 3.63) is 86.7 Å². The molecule has 0 aliphatic rings. The molecule has 0 saturated carbocycles. The minimum atomic E-state index is -3.91. The highest BCUT2D eigenvalue weighted by Crippen LogP contribution is 2.32. The van der Waals surface area contributed by atoms with Crippen molar-refractivity contribution in [2.24, 2.45) is 0 Å². The Labute approximate surface area is 173 Å². The van der Waals surface area contributed by atoms with Crippen molar-refractivity contribution >= 4 is 21.1 Å². The number of rotatable bonds is 4. The van der Waals surface area contributed by atoms with Gasteiger partial charge < -0.3 is 9.55 Å². The molecule has 0 bridgehead atoms. The maximum absolute atomic E-state index is 13.4. The Bertz CT molecular complexity index is 1490. The normalized spacial score (nSPS) is 11.8. The van der Waals surface area contributed by atoms with Crippen LogP contribution in [0.25, 0.3) is 22.2 Å². The molecule has 0 fully saturated rings. The predicted molar refractivity (Wildman–Crippen MR) is 116 cm³/mol. The third-order valence-electron chi connectivity index (χ3n) is 5.09. The lowest BCUT2D eigenvalue weighted by Gasteiger charge is -2.09. The highest BCUT2D eigenvalue weighted by Gasteiger charge is 2.24. The van der Waals surface area contributed by atoms with Crippen LogP contribution in [-0.2, 0) is 16.6 Å². The molecule has 0 radical (unpaired) electrons. The van der Waals surface area contributed by atoms with Crippen molar-refractivity contribution in [2.75, 3.05) is 0 Å². The molecule has 154 valence electrons. The summed E-state index contributed by atoms with van der Waals surface area (Å²) in [7, 11) is -3.91. The highest BCUT2D eigenvalue weighted by molar-refractivity contribution is 7.90. The molecule has 8 heteroatoms. The van der Waals surface area contributed by atoms with E-state index in [1.54, 1.807) is 37.3 Å². The van der Waals surface area contributed by atoms with Gasteiger partial charge >= 0.3 is 0 Å². The van der Waals surface area contributed by atoms with Gasteiger partial charge in [0, 0.05) is 36.1 Å². The first kappa shape index (κ1) is 19.9. The maximum Gasteiger partial charge on any atom is 0.268 e. The quantitative estimate of drug-likeness (QED) is 0.546. The van der Waals surface area contributed by atoms with Crippen LogP contribution in [0.15, 0.2) is 69.2 Å². The van der Waals surface area contributed by atoms with Gasteiger partial charge in [-0.3, -0.25) is 9.59 Å². The zero-order chi connectivity index (χ0) is 21.6. The Hall–Kier alpha value is -3.39. The Morgan fingerprint density at radius 3 is 2.30 bits per heavy atom. The summed E-state index contributed by atoms with van der Waals surface area (Å²) in [5.74, 6) is 0. The van der Waals surface area contributed by atoms with Gasteiger partial charge in [0.1, 0.15) is 0 Å². The number of nitrogens with zero attached hydrogens (tertiary/aromatic N) is 2. The van der Waals surface area contributed by atoms with Gasteiger partial charge in [-0.2, -0.15) is 0 Å². The summed E-state index contributed by atoms with van der Waals surface area (Å²) in [6.07, 6.45) is 1.49. The van der Waals surface area contributed by atoms with Gasteiger partial charge in [0.15, 0.2) is 0 Å². The van der Waals surface area contributed by atoms with Gasteiger partial charge in [0.2, 0.25) is 5.56 Å². The molecular formula is C22H21N3O4S. The van der Waals surface area contributed by atoms with Crippen LogP contribution < -0.4 is 11.1 Å². The van der Waals surface area contributed by atoms with E-state index < -0.39 is 10.0 Å². The molecule has 0 atom stereocenters. The molecule has 30 heavy (non-hydrogen) atoms. The number of aryl methyl sites for hydroxylation is 3. The van der Waals surface area contributed by atoms with Crippen molar-refractivity contribution in [3.8, 4) is 11.1 Å². The monoisotopic (exact) mass is 423 g/mol. The molecule has 3 aromatic heterocycles. The Morgan fingerprint density at radius 2 is 1.67 bits per heavy atom. The van der Waals surface area contributed by atoms with Crippen LogP contribution in [0, 0.1) is 13.8 Å². The summed E-state index contributed by atoms with van der Waals surface area (Å²) in [5, 5.41) is 0. The zero-order valence-corrected chi connectivity index (χ0v) is 17.7. The molecule has 0 spiro atoms. The second-order valence-electron chi connectivity index (χ2n) is 7.22. The van der Waals surface area contributed by atoms with Gasteiger partial charge in [-0.25, -0.2) is 12.4 Å². The van der Waals surface area contributed by atoms with E-state index in [0.717, 1.165) is 5.56 Å². The first-order valence-corrected chi connectivity index (χ1v) is 10.9. The van der Waals surface area contributed by atoms with E-state index in [9.17, 15) is 18.0 Å². The van der Waals surface area contributed by atoms with E-state index in [1.807, 2.05) is 13.8 Å². The number of hydrogen-bond donors (Lipinski definition) is 1. The van der Waals surface area contributed by atoms with Crippen molar-refractivity contribution in [1.82, 2.24) is 13.5 Å². The molecule has 0 unspecified atom stereocenters. The second-order valence-corrected chi connectivity index (χ2v) is 9.04. The fourth-order valence-electron chi connectivity index (χ4n) is 3.66. The average molecular weight is 423 g/mol. The minimum absolute atomic E-state index is 0.146. The van der Waals surface area contributed by atoms with Crippen molar-refractivity contribution in [3.63, 3.8) is 0 Å². The van der Waals surface area contributed by atoms with Crippen LogP contribution in [0.2, 0.25) is 0 Å². The van der Waals surface area contributed by atoms with Crippen molar-refractivity contribution < 1.29 is 8.42 Å². The zero-order valence-electron chi connectivity index (χ0n) is 16.8. The molecule has 0 aliphatic carbocycles. The molecule has 4 rings (SSSR count). The lowest BCUT2D eigenvalue weighted by atomic mass is 10.1. The largest absolute Gasteiger partial charge is 0.326 e. The summed E-state index contributed by atoms with van der Waals surface area (Å²) >= 11 is 0. The van der Waals surface area contributed by atoms with E-state index in [1.165, 1.54) is 32.9 Å². The summed E-state index contributed by atoms with van der Waals surface area (Å²) < 4.78 is 29.6. The van der Waals surface area contributed by atoms with Gasteiger partial charge in [-0.05, 0) is 50.6 Å². The van der Waals surface area contributed by atoms with Gasteiger partial charge in [0.25, 0.3) is 15.6 Å². The van der Waals surface area contributed by atoms with Gasteiger partial charge in [-0.15, -0.1) is 0 Å². The topological polar surface area (TPSA) is 93.9 Å². The Balaban J connectivity index is 2.11. The molecule has 4 aromatic rings. The minimum Gasteiger partial charge on any atom is -0.326 e.